The van der Waals surface area contributed by atoms with Crippen LogP contribution in [0.15, 0.2) is 65.3 Å². The second-order valence-electron chi connectivity index (χ2n) is 5.64. The predicted octanol–water partition coefficient (Wildman–Crippen LogP) is 3.97. The number of fused-ring (bicyclic) bond motifs is 1. The Kier molecular flexibility index (Phi) is 4.03. The normalized spacial score (nSPS) is 10.7. The Bertz CT molecular complexity index is 1070. The van der Waals surface area contributed by atoms with Crippen molar-refractivity contribution in [2.24, 2.45) is 0 Å². The fourth-order valence-corrected chi connectivity index (χ4v) is 2.46. The van der Waals surface area contributed by atoms with Gasteiger partial charge in [0.2, 0.25) is 5.88 Å². The molecule has 128 valence electrons. The highest BCUT2D eigenvalue weighted by molar-refractivity contribution is 6.02. The van der Waals surface area contributed by atoms with Gasteiger partial charge in [-0.3, -0.25) is 4.79 Å². The third-order valence-corrected chi connectivity index (χ3v) is 3.72. The number of aryl methyl sites for hydroxylation is 1. The summed E-state index contributed by atoms with van der Waals surface area (Å²) in [6, 6.07) is 16.3. The number of anilines is 1. The second-order valence-corrected chi connectivity index (χ2v) is 5.64. The minimum atomic E-state index is -0.338. The lowest BCUT2D eigenvalue weighted by atomic mass is 10.2. The highest BCUT2D eigenvalue weighted by Gasteiger charge is 2.11. The Morgan fingerprint density at radius 1 is 1.12 bits per heavy atom. The molecule has 2 heterocycles. The fourth-order valence-electron chi connectivity index (χ4n) is 2.46. The van der Waals surface area contributed by atoms with Crippen molar-refractivity contribution in [1.29, 1.82) is 0 Å². The Balaban J connectivity index is 1.50. The van der Waals surface area contributed by atoms with Gasteiger partial charge < -0.3 is 14.6 Å². The van der Waals surface area contributed by atoms with E-state index in [9.17, 15) is 4.79 Å². The number of benzene rings is 2. The molecule has 0 radical (unpaired) electrons. The third kappa shape index (κ3) is 3.23. The zero-order valence-corrected chi connectivity index (χ0v) is 13.8. The van der Waals surface area contributed by atoms with E-state index >= 15 is 0 Å². The number of carbonyl (C=O) groups excluding carboxylic acids is 1. The van der Waals surface area contributed by atoms with Crippen LogP contribution in [0.4, 0.5) is 5.69 Å². The van der Waals surface area contributed by atoms with Crippen LogP contribution in [0.25, 0.3) is 10.8 Å². The molecular weight excluding hydrogens is 332 g/mol. The molecule has 0 spiro atoms. The quantitative estimate of drug-likeness (QED) is 0.601. The van der Waals surface area contributed by atoms with Crippen LogP contribution in [0.3, 0.4) is 0 Å². The number of rotatable bonds is 4. The number of nitrogens with zero attached hydrogens (tertiary/aromatic N) is 3. The Hall–Kier alpha value is -3.74. The molecule has 2 aromatic carbocycles. The van der Waals surface area contributed by atoms with Gasteiger partial charge in [0.15, 0.2) is 5.69 Å². The molecule has 1 N–H and O–H groups in total. The van der Waals surface area contributed by atoms with E-state index < -0.39 is 0 Å². The number of amides is 1. The maximum absolute atomic E-state index is 12.1. The van der Waals surface area contributed by atoms with Crippen molar-refractivity contribution in [3.8, 4) is 11.6 Å². The van der Waals surface area contributed by atoms with Crippen molar-refractivity contribution in [3.63, 3.8) is 0 Å². The largest absolute Gasteiger partial charge is 0.437 e. The number of ether oxygens (including phenoxy) is 1. The van der Waals surface area contributed by atoms with E-state index in [0.29, 0.717) is 23.1 Å². The minimum Gasteiger partial charge on any atom is -0.437 e. The number of hydrogen-bond donors (Lipinski definition) is 1. The molecule has 0 atom stereocenters. The number of aromatic nitrogens is 3. The predicted molar refractivity (Wildman–Crippen MR) is 95.2 cm³/mol. The van der Waals surface area contributed by atoms with Gasteiger partial charge in [-0.25, -0.2) is 0 Å². The van der Waals surface area contributed by atoms with Crippen LogP contribution < -0.4 is 10.1 Å². The SMILES string of the molecule is Cc1cc(C(=O)Nc2ccc(Oc3nncc4ccccc34)cc2)no1. The molecule has 0 aliphatic carbocycles. The lowest BCUT2D eigenvalue weighted by molar-refractivity contribution is 0.101. The first-order valence-corrected chi connectivity index (χ1v) is 7.92. The van der Waals surface area contributed by atoms with Gasteiger partial charge in [-0.05, 0) is 37.3 Å². The fraction of sp³-hybridized carbons (Fsp3) is 0.0526. The van der Waals surface area contributed by atoms with Crippen molar-refractivity contribution in [1.82, 2.24) is 15.4 Å². The van der Waals surface area contributed by atoms with Gasteiger partial charge in [-0.15, -0.1) is 5.10 Å². The summed E-state index contributed by atoms with van der Waals surface area (Å²) < 4.78 is 10.7. The lowest BCUT2D eigenvalue weighted by Crippen LogP contribution is -2.11. The first-order chi connectivity index (χ1) is 12.7. The summed E-state index contributed by atoms with van der Waals surface area (Å²) in [6.07, 6.45) is 1.69. The Morgan fingerprint density at radius 3 is 2.69 bits per heavy atom. The van der Waals surface area contributed by atoms with Crippen LogP contribution in [-0.2, 0) is 0 Å². The molecule has 0 bridgehead atoms. The van der Waals surface area contributed by atoms with E-state index in [1.165, 1.54) is 0 Å². The zero-order chi connectivity index (χ0) is 17.9. The maximum Gasteiger partial charge on any atom is 0.277 e. The molecule has 7 nitrogen and oxygen atoms in total. The van der Waals surface area contributed by atoms with Gasteiger partial charge in [-0.2, -0.15) is 5.10 Å². The molecule has 2 aromatic heterocycles. The smallest absolute Gasteiger partial charge is 0.277 e. The standard InChI is InChI=1S/C19H14N4O3/c1-12-10-17(23-26-12)18(24)21-14-6-8-15(9-7-14)25-19-16-5-3-2-4-13(16)11-20-22-19/h2-11H,1H3,(H,21,24). The van der Waals surface area contributed by atoms with Crippen LogP contribution in [0.1, 0.15) is 16.2 Å². The molecule has 1 amide bonds. The highest BCUT2D eigenvalue weighted by atomic mass is 16.5. The van der Waals surface area contributed by atoms with Crippen molar-refractivity contribution in [2.45, 2.75) is 6.92 Å². The van der Waals surface area contributed by atoms with Crippen molar-refractivity contribution in [2.75, 3.05) is 5.32 Å². The van der Waals surface area contributed by atoms with E-state index in [4.69, 9.17) is 9.26 Å². The van der Waals surface area contributed by atoms with Gasteiger partial charge in [0, 0.05) is 22.5 Å². The maximum atomic E-state index is 12.1. The van der Waals surface area contributed by atoms with E-state index in [1.54, 1.807) is 43.5 Å². The van der Waals surface area contributed by atoms with Crippen LogP contribution >= 0.6 is 0 Å². The van der Waals surface area contributed by atoms with Crippen molar-refractivity contribution < 1.29 is 14.1 Å². The van der Waals surface area contributed by atoms with Crippen LogP contribution in [-0.4, -0.2) is 21.3 Å². The summed E-state index contributed by atoms with van der Waals surface area (Å²) in [5, 5.41) is 16.3. The van der Waals surface area contributed by atoms with Gasteiger partial charge in [0.1, 0.15) is 11.5 Å². The van der Waals surface area contributed by atoms with Gasteiger partial charge in [0.25, 0.3) is 5.91 Å². The molecule has 0 saturated heterocycles. The molecule has 4 aromatic rings. The summed E-state index contributed by atoms with van der Waals surface area (Å²) >= 11 is 0. The Labute approximate surface area is 148 Å². The first kappa shape index (κ1) is 15.8. The second kappa shape index (κ2) is 6.64. The van der Waals surface area contributed by atoms with E-state index in [-0.39, 0.29) is 11.6 Å². The molecule has 4 rings (SSSR count). The van der Waals surface area contributed by atoms with Gasteiger partial charge >= 0.3 is 0 Å². The Morgan fingerprint density at radius 2 is 1.92 bits per heavy atom. The summed E-state index contributed by atoms with van der Waals surface area (Å²) in [6.45, 7) is 1.73. The van der Waals surface area contributed by atoms with E-state index in [1.807, 2.05) is 24.3 Å². The molecule has 0 unspecified atom stereocenters. The first-order valence-electron chi connectivity index (χ1n) is 7.92. The summed E-state index contributed by atoms with van der Waals surface area (Å²) in [4.78, 5) is 12.1. The molecule has 7 heteroatoms. The van der Waals surface area contributed by atoms with Crippen LogP contribution in [0, 0.1) is 6.92 Å². The molecule has 0 saturated carbocycles. The third-order valence-electron chi connectivity index (χ3n) is 3.72. The van der Waals surface area contributed by atoms with Gasteiger partial charge in [0.05, 0.1) is 6.20 Å². The average Bonchev–Trinajstić information content (AvgIpc) is 3.10. The van der Waals surface area contributed by atoms with Crippen LogP contribution in [0.5, 0.6) is 11.6 Å². The summed E-state index contributed by atoms with van der Waals surface area (Å²) in [7, 11) is 0. The monoisotopic (exact) mass is 346 g/mol. The topological polar surface area (TPSA) is 90.1 Å². The minimum absolute atomic E-state index is 0.230. The highest BCUT2D eigenvalue weighted by Crippen LogP contribution is 2.27. The molecular formula is C19H14N4O3. The lowest BCUT2D eigenvalue weighted by Gasteiger charge is -2.08. The number of hydrogen-bond acceptors (Lipinski definition) is 6. The zero-order valence-electron chi connectivity index (χ0n) is 13.8. The van der Waals surface area contributed by atoms with E-state index in [2.05, 4.69) is 20.7 Å². The molecule has 26 heavy (non-hydrogen) atoms. The summed E-state index contributed by atoms with van der Waals surface area (Å²) in [5.74, 6) is 1.26. The average molecular weight is 346 g/mol. The molecule has 0 aliphatic heterocycles. The molecule has 0 aliphatic rings. The number of carbonyl (C=O) groups is 1. The summed E-state index contributed by atoms with van der Waals surface area (Å²) in [5.41, 5.74) is 0.848. The number of nitrogens with one attached hydrogen (secondary N) is 1. The van der Waals surface area contributed by atoms with Crippen molar-refractivity contribution >= 4 is 22.4 Å². The van der Waals surface area contributed by atoms with Gasteiger partial charge in [-0.1, -0.05) is 23.4 Å². The molecule has 0 fully saturated rings. The van der Waals surface area contributed by atoms with Crippen LogP contribution in [0.2, 0.25) is 0 Å². The van der Waals surface area contributed by atoms with E-state index in [0.717, 1.165) is 10.8 Å². The van der Waals surface area contributed by atoms with Crippen molar-refractivity contribution in [3.05, 3.63) is 72.2 Å².